The van der Waals surface area contributed by atoms with E-state index in [0.29, 0.717) is 35.4 Å². The maximum absolute atomic E-state index is 13.0. The highest BCUT2D eigenvalue weighted by molar-refractivity contribution is 5.93. The lowest BCUT2D eigenvalue weighted by molar-refractivity contribution is -0.165. The number of hydrogen-bond donors (Lipinski definition) is 1. The van der Waals surface area contributed by atoms with Gasteiger partial charge in [0.25, 0.3) is 0 Å². The molecule has 0 heterocycles. The van der Waals surface area contributed by atoms with Crippen molar-refractivity contribution in [3.63, 3.8) is 0 Å². The van der Waals surface area contributed by atoms with E-state index in [9.17, 15) is 14.7 Å². The zero-order valence-corrected chi connectivity index (χ0v) is 18.3. The van der Waals surface area contributed by atoms with Gasteiger partial charge in [-0.25, -0.2) is 0 Å². The molecule has 0 bridgehead atoms. The molecule has 29 heavy (non-hydrogen) atoms. The Bertz CT molecular complexity index is 763. The van der Waals surface area contributed by atoms with Gasteiger partial charge in [-0.05, 0) is 94.3 Å². The van der Waals surface area contributed by atoms with Crippen molar-refractivity contribution in [2.45, 2.75) is 72.3 Å². The van der Waals surface area contributed by atoms with Crippen LogP contribution in [0.25, 0.3) is 0 Å². The summed E-state index contributed by atoms with van der Waals surface area (Å²) in [6, 6.07) is 0. The van der Waals surface area contributed by atoms with Crippen LogP contribution in [0.5, 0.6) is 0 Å². The molecule has 0 aromatic carbocycles. The molecule has 0 amide bonds. The second-order valence-electron chi connectivity index (χ2n) is 12.0. The van der Waals surface area contributed by atoms with Crippen LogP contribution in [0.15, 0.2) is 12.2 Å². The Morgan fingerprint density at radius 2 is 1.97 bits per heavy atom. The van der Waals surface area contributed by atoms with Crippen LogP contribution in [0.2, 0.25) is 0 Å². The summed E-state index contributed by atoms with van der Waals surface area (Å²) in [6.45, 7) is 8.21. The normalized spacial score (nSPS) is 50.2. The van der Waals surface area contributed by atoms with Crippen LogP contribution in [0.4, 0.5) is 0 Å². The minimum Gasteiger partial charge on any atom is -0.462 e. The number of ether oxygens (including phenoxy) is 1. The third-order valence-corrected chi connectivity index (χ3v) is 9.50. The summed E-state index contributed by atoms with van der Waals surface area (Å²) in [5.41, 5.74) is -0.704. The number of Topliss-reactive ketones (excluding diaryl/α,β-unsaturated/α-hetero) is 1. The van der Waals surface area contributed by atoms with Crippen LogP contribution in [0.3, 0.4) is 0 Å². The number of esters is 1. The van der Waals surface area contributed by atoms with Crippen molar-refractivity contribution in [2.75, 3.05) is 6.61 Å². The minimum absolute atomic E-state index is 0.0157. The third kappa shape index (κ3) is 2.66. The number of allylic oxidation sites excluding steroid dienone is 2. The van der Waals surface area contributed by atoms with Gasteiger partial charge in [-0.2, -0.15) is 0 Å². The van der Waals surface area contributed by atoms with Crippen LogP contribution < -0.4 is 0 Å². The number of rotatable bonds is 2. The van der Waals surface area contributed by atoms with E-state index >= 15 is 0 Å². The van der Waals surface area contributed by atoms with Crippen LogP contribution in [0, 0.1) is 51.8 Å². The fraction of sp³-hybridized carbons (Fsp3) is 0.840. The summed E-state index contributed by atoms with van der Waals surface area (Å²) < 4.78 is 5.88. The summed E-state index contributed by atoms with van der Waals surface area (Å²) in [5.74, 6) is 2.79. The Balaban J connectivity index is 1.38. The van der Waals surface area contributed by atoms with Gasteiger partial charge >= 0.3 is 5.97 Å². The summed E-state index contributed by atoms with van der Waals surface area (Å²) in [4.78, 5) is 25.3. The molecule has 0 saturated heterocycles. The minimum atomic E-state index is -0.457. The smallest absolute Gasteiger partial charge is 0.311 e. The number of aliphatic hydroxyl groups is 1. The molecule has 9 atom stereocenters. The Morgan fingerprint density at radius 1 is 1.21 bits per heavy atom. The molecule has 0 aromatic heterocycles. The van der Waals surface area contributed by atoms with E-state index in [4.69, 9.17) is 4.74 Å². The Kier molecular flexibility index (Phi) is 4.22. The summed E-state index contributed by atoms with van der Waals surface area (Å²) in [6.07, 6.45) is 10.7. The number of aliphatic hydroxyl groups excluding tert-OH is 1. The van der Waals surface area contributed by atoms with Crippen molar-refractivity contribution in [3.05, 3.63) is 12.2 Å². The van der Waals surface area contributed by atoms with Crippen molar-refractivity contribution < 1.29 is 19.4 Å². The highest BCUT2D eigenvalue weighted by atomic mass is 16.5. The predicted molar refractivity (Wildman–Crippen MR) is 110 cm³/mol. The molecular weight excluding hydrogens is 364 g/mol. The summed E-state index contributed by atoms with van der Waals surface area (Å²) in [5, 5.41) is 10.2. The SMILES string of the molecule is CC(C)(C)C(=O)O[C@H]1CC[C@@]2(C)[C@H](C=C[C@H]3[C@@H]4[C@@H]5C[C@@H]5C(=O)[C@@]4(CO)CC[C@@H]32)C1. The first kappa shape index (κ1) is 19.8. The van der Waals surface area contributed by atoms with Gasteiger partial charge < -0.3 is 9.84 Å². The number of ketones is 1. The zero-order valence-electron chi connectivity index (χ0n) is 18.3. The lowest BCUT2D eigenvalue weighted by Crippen LogP contribution is -2.55. The van der Waals surface area contributed by atoms with Crippen molar-refractivity contribution in [2.24, 2.45) is 51.8 Å². The lowest BCUT2D eigenvalue weighted by Gasteiger charge is -2.58. The van der Waals surface area contributed by atoms with Crippen molar-refractivity contribution in [3.8, 4) is 0 Å². The molecule has 5 aliphatic rings. The maximum atomic E-state index is 13.0. The molecule has 4 fully saturated rings. The van der Waals surface area contributed by atoms with Crippen LogP contribution in [-0.2, 0) is 14.3 Å². The number of hydrogen-bond acceptors (Lipinski definition) is 4. The zero-order chi connectivity index (χ0) is 20.8. The molecule has 4 heteroatoms. The molecule has 4 nitrogen and oxygen atoms in total. The standard InChI is InChI=1S/C25H36O4/c1-23(2,3)22(28)29-15-7-9-24(4)14(11-15)5-6-16-19(24)8-10-25(13-26)20(16)17-12-18(17)21(25)27/h5-6,14-20,26H,7-13H2,1-4H3/t14-,15+,16-,17-,18+,19+,20-,24+,25-/m1/s1. The Morgan fingerprint density at radius 3 is 2.66 bits per heavy atom. The second kappa shape index (κ2) is 6.18. The largest absolute Gasteiger partial charge is 0.462 e. The fourth-order valence-electron chi connectivity index (χ4n) is 7.73. The van der Waals surface area contributed by atoms with Crippen molar-refractivity contribution in [1.29, 1.82) is 0 Å². The molecule has 1 N–H and O–H groups in total. The molecule has 0 spiro atoms. The van der Waals surface area contributed by atoms with E-state index < -0.39 is 10.8 Å². The van der Waals surface area contributed by atoms with Crippen LogP contribution in [0.1, 0.15) is 66.2 Å². The highest BCUT2D eigenvalue weighted by Crippen LogP contribution is 2.71. The van der Waals surface area contributed by atoms with E-state index in [1.807, 2.05) is 20.8 Å². The van der Waals surface area contributed by atoms with Gasteiger partial charge in [0, 0.05) is 5.92 Å². The van der Waals surface area contributed by atoms with Gasteiger partial charge in [0.2, 0.25) is 0 Å². The number of fused-ring (bicyclic) bond motifs is 7. The lowest BCUT2D eigenvalue weighted by atomic mass is 9.46. The number of carbonyl (C=O) groups is 2. The molecule has 160 valence electrons. The van der Waals surface area contributed by atoms with Gasteiger partial charge in [-0.3, -0.25) is 9.59 Å². The second-order valence-corrected chi connectivity index (χ2v) is 12.0. The first-order valence-corrected chi connectivity index (χ1v) is 11.7. The van der Waals surface area contributed by atoms with Crippen molar-refractivity contribution >= 4 is 11.8 Å². The molecule has 0 unspecified atom stereocenters. The average molecular weight is 401 g/mol. The average Bonchev–Trinajstić information content (AvgIpc) is 3.41. The quantitative estimate of drug-likeness (QED) is 0.558. The summed E-state index contributed by atoms with van der Waals surface area (Å²) >= 11 is 0. The monoisotopic (exact) mass is 400 g/mol. The van der Waals surface area contributed by atoms with E-state index in [0.717, 1.165) is 38.5 Å². The first-order chi connectivity index (χ1) is 13.6. The van der Waals surface area contributed by atoms with Crippen LogP contribution >= 0.6 is 0 Å². The topological polar surface area (TPSA) is 63.6 Å². The Hall–Kier alpha value is -1.16. The predicted octanol–water partition coefficient (Wildman–Crippen LogP) is 4.16. The fourth-order valence-corrected chi connectivity index (χ4v) is 7.73. The molecular formula is C25H36O4. The van der Waals surface area contributed by atoms with Gasteiger partial charge in [-0.15, -0.1) is 0 Å². The molecule has 0 aliphatic heterocycles. The molecule has 5 aliphatic carbocycles. The molecule has 4 saturated carbocycles. The maximum Gasteiger partial charge on any atom is 0.311 e. The van der Waals surface area contributed by atoms with E-state index in [1.54, 1.807) is 0 Å². The van der Waals surface area contributed by atoms with Crippen LogP contribution in [-0.4, -0.2) is 29.6 Å². The van der Waals surface area contributed by atoms with Gasteiger partial charge in [0.1, 0.15) is 11.9 Å². The van der Waals surface area contributed by atoms with Crippen molar-refractivity contribution in [1.82, 2.24) is 0 Å². The van der Waals surface area contributed by atoms with Gasteiger partial charge in [-0.1, -0.05) is 19.1 Å². The first-order valence-electron chi connectivity index (χ1n) is 11.7. The number of carbonyl (C=O) groups excluding carboxylic acids is 2. The van der Waals surface area contributed by atoms with E-state index in [-0.39, 0.29) is 30.0 Å². The van der Waals surface area contributed by atoms with E-state index in [1.165, 1.54) is 0 Å². The third-order valence-electron chi connectivity index (χ3n) is 9.50. The van der Waals surface area contributed by atoms with Gasteiger partial charge in [0.15, 0.2) is 0 Å². The molecule has 0 aromatic rings. The van der Waals surface area contributed by atoms with Gasteiger partial charge in [0.05, 0.1) is 17.4 Å². The molecule has 0 radical (unpaired) electrons. The molecule has 5 rings (SSSR count). The summed E-state index contributed by atoms with van der Waals surface area (Å²) in [7, 11) is 0. The Labute approximate surface area is 174 Å². The highest BCUT2D eigenvalue weighted by Gasteiger charge is 2.71. The van der Waals surface area contributed by atoms with E-state index in [2.05, 4.69) is 19.1 Å².